The SMILES string of the molecule is Cc1noc(C(CCC(C)(C)C(N)=O)c2ccc(-c3ccc(F)c(Cl)c3)cc2)n1. The van der Waals surface area contributed by atoms with E-state index in [1.807, 2.05) is 38.1 Å². The smallest absolute Gasteiger partial charge is 0.234 e. The van der Waals surface area contributed by atoms with E-state index in [1.54, 1.807) is 19.1 Å². The molecule has 1 heterocycles. The van der Waals surface area contributed by atoms with E-state index in [-0.39, 0.29) is 16.8 Å². The molecule has 5 nitrogen and oxygen atoms in total. The molecular weight excluding hydrogens is 393 g/mol. The van der Waals surface area contributed by atoms with Crippen LogP contribution in [0.25, 0.3) is 11.1 Å². The van der Waals surface area contributed by atoms with Crippen LogP contribution in [0.15, 0.2) is 47.0 Å². The van der Waals surface area contributed by atoms with E-state index >= 15 is 0 Å². The van der Waals surface area contributed by atoms with Crippen LogP contribution in [0.3, 0.4) is 0 Å². The van der Waals surface area contributed by atoms with Crippen molar-refractivity contribution in [3.8, 4) is 11.1 Å². The van der Waals surface area contributed by atoms with Crippen molar-refractivity contribution in [1.29, 1.82) is 0 Å². The normalized spacial score (nSPS) is 12.7. The van der Waals surface area contributed by atoms with Gasteiger partial charge in [0.2, 0.25) is 11.8 Å². The van der Waals surface area contributed by atoms with Crippen molar-refractivity contribution in [1.82, 2.24) is 10.1 Å². The third-order valence-electron chi connectivity index (χ3n) is 5.13. The number of rotatable bonds is 7. The van der Waals surface area contributed by atoms with Crippen LogP contribution >= 0.6 is 11.6 Å². The van der Waals surface area contributed by atoms with Crippen molar-refractivity contribution >= 4 is 17.5 Å². The average molecular weight is 416 g/mol. The topological polar surface area (TPSA) is 82.0 Å². The molecule has 7 heteroatoms. The molecule has 0 spiro atoms. The summed E-state index contributed by atoms with van der Waals surface area (Å²) >= 11 is 5.90. The second-order valence-electron chi connectivity index (χ2n) is 7.77. The second-order valence-corrected chi connectivity index (χ2v) is 8.18. The third kappa shape index (κ3) is 4.82. The number of hydrogen-bond acceptors (Lipinski definition) is 4. The molecule has 3 rings (SSSR count). The summed E-state index contributed by atoms with van der Waals surface area (Å²) in [6.07, 6.45) is 1.20. The molecule has 2 N–H and O–H groups in total. The maximum absolute atomic E-state index is 13.4. The zero-order chi connectivity index (χ0) is 21.2. The minimum Gasteiger partial charge on any atom is -0.369 e. The Morgan fingerprint density at radius 3 is 2.41 bits per heavy atom. The minimum atomic E-state index is -0.641. The van der Waals surface area contributed by atoms with Crippen molar-refractivity contribution in [3.05, 3.63) is 70.6 Å². The molecule has 0 saturated carbocycles. The number of carbonyl (C=O) groups excluding carboxylic acids is 1. The zero-order valence-electron chi connectivity index (χ0n) is 16.6. The Kier molecular flexibility index (Phi) is 6.03. The van der Waals surface area contributed by atoms with Gasteiger partial charge in [0.1, 0.15) is 5.82 Å². The number of halogens is 2. The Morgan fingerprint density at radius 1 is 1.21 bits per heavy atom. The number of nitrogens with zero attached hydrogens (tertiary/aromatic N) is 2. The van der Waals surface area contributed by atoms with Crippen LogP contribution < -0.4 is 5.73 Å². The molecule has 1 aromatic heterocycles. The summed E-state index contributed by atoms with van der Waals surface area (Å²) in [6.45, 7) is 5.42. The monoisotopic (exact) mass is 415 g/mol. The van der Waals surface area contributed by atoms with Crippen LogP contribution in [0.1, 0.15) is 49.9 Å². The first-order valence-corrected chi connectivity index (χ1v) is 9.70. The number of amides is 1. The van der Waals surface area contributed by atoms with Crippen molar-refractivity contribution in [2.75, 3.05) is 0 Å². The molecule has 0 aliphatic heterocycles. The lowest BCUT2D eigenvalue weighted by molar-refractivity contribution is -0.126. The van der Waals surface area contributed by atoms with E-state index in [4.69, 9.17) is 21.9 Å². The van der Waals surface area contributed by atoms with Gasteiger partial charge in [0, 0.05) is 5.41 Å². The highest BCUT2D eigenvalue weighted by atomic mass is 35.5. The van der Waals surface area contributed by atoms with E-state index in [9.17, 15) is 9.18 Å². The van der Waals surface area contributed by atoms with E-state index < -0.39 is 11.2 Å². The first-order valence-electron chi connectivity index (χ1n) is 9.33. The number of aromatic nitrogens is 2. The van der Waals surface area contributed by atoms with Crippen LogP contribution in [0.4, 0.5) is 4.39 Å². The van der Waals surface area contributed by atoms with E-state index in [1.165, 1.54) is 6.07 Å². The van der Waals surface area contributed by atoms with Crippen molar-refractivity contribution in [2.24, 2.45) is 11.1 Å². The van der Waals surface area contributed by atoms with Crippen LogP contribution in [0.5, 0.6) is 0 Å². The van der Waals surface area contributed by atoms with Gasteiger partial charge < -0.3 is 10.3 Å². The summed E-state index contributed by atoms with van der Waals surface area (Å²) in [6, 6.07) is 12.4. The lowest BCUT2D eigenvalue weighted by Crippen LogP contribution is -2.31. The summed E-state index contributed by atoms with van der Waals surface area (Å²) in [5, 5.41) is 3.98. The van der Waals surface area contributed by atoms with Crippen molar-refractivity contribution in [3.63, 3.8) is 0 Å². The summed E-state index contributed by atoms with van der Waals surface area (Å²) < 4.78 is 18.8. The van der Waals surface area contributed by atoms with Crippen molar-refractivity contribution < 1.29 is 13.7 Å². The van der Waals surface area contributed by atoms with Gasteiger partial charge >= 0.3 is 0 Å². The Bertz CT molecular complexity index is 1020. The highest BCUT2D eigenvalue weighted by Gasteiger charge is 2.29. The minimum absolute atomic E-state index is 0.0828. The number of hydrogen-bond donors (Lipinski definition) is 1. The van der Waals surface area contributed by atoms with Crippen LogP contribution in [-0.4, -0.2) is 16.0 Å². The summed E-state index contributed by atoms with van der Waals surface area (Å²) in [5.74, 6) is 0.0928. The fourth-order valence-electron chi connectivity index (χ4n) is 3.10. The number of benzene rings is 2. The predicted octanol–water partition coefficient (Wildman–Crippen LogP) is 5.26. The standard InChI is InChI=1S/C22H23ClFN3O2/c1-13-26-20(29-27-13)17(10-11-22(2,3)21(25)28)15-6-4-14(5-7-15)16-8-9-19(24)18(23)12-16/h4-9,12,17H,10-11H2,1-3H3,(H2,25,28). The number of carbonyl (C=O) groups is 1. The van der Waals surface area contributed by atoms with Crippen LogP contribution in [0, 0.1) is 18.2 Å². The fraction of sp³-hybridized carbons (Fsp3) is 0.318. The molecule has 0 saturated heterocycles. The van der Waals surface area contributed by atoms with Gasteiger partial charge in [-0.15, -0.1) is 0 Å². The number of nitrogens with two attached hydrogens (primary N) is 1. The summed E-state index contributed by atoms with van der Waals surface area (Å²) in [5.41, 5.74) is 7.59. The summed E-state index contributed by atoms with van der Waals surface area (Å²) in [4.78, 5) is 16.1. The van der Waals surface area contributed by atoms with Gasteiger partial charge in [0.25, 0.3) is 0 Å². The molecule has 0 fully saturated rings. The Labute approximate surface area is 174 Å². The molecule has 3 aromatic rings. The van der Waals surface area contributed by atoms with Gasteiger partial charge in [0.15, 0.2) is 5.82 Å². The molecule has 0 radical (unpaired) electrons. The largest absolute Gasteiger partial charge is 0.369 e. The van der Waals surface area contributed by atoms with Gasteiger partial charge in [-0.3, -0.25) is 4.79 Å². The molecule has 0 aliphatic carbocycles. The average Bonchev–Trinajstić information content (AvgIpc) is 3.10. The van der Waals surface area contributed by atoms with Crippen molar-refractivity contribution in [2.45, 2.75) is 39.5 Å². The fourth-order valence-corrected chi connectivity index (χ4v) is 3.28. The molecule has 0 bridgehead atoms. The number of primary amides is 1. The molecular formula is C22H23ClFN3O2. The van der Waals surface area contributed by atoms with Gasteiger partial charge in [-0.1, -0.05) is 60.9 Å². The quantitative estimate of drug-likeness (QED) is 0.570. The van der Waals surface area contributed by atoms with Crippen LogP contribution in [-0.2, 0) is 4.79 Å². The molecule has 29 heavy (non-hydrogen) atoms. The third-order valence-corrected chi connectivity index (χ3v) is 5.42. The Hall–Kier alpha value is -2.73. The zero-order valence-corrected chi connectivity index (χ0v) is 17.3. The molecule has 1 unspecified atom stereocenters. The van der Waals surface area contributed by atoms with Gasteiger partial charge in [0.05, 0.1) is 10.9 Å². The van der Waals surface area contributed by atoms with Gasteiger partial charge in [-0.25, -0.2) is 4.39 Å². The van der Waals surface area contributed by atoms with E-state index in [0.717, 1.165) is 16.7 Å². The van der Waals surface area contributed by atoms with Gasteiger partial charge in [-0.2, -0.15) is 4.98 Å². The van der Waals surface area contributed by atoms with Crippen LogP contribution in [0.2, 0.25) is 5.02 Å². The first-order chi connectivity index (χ1) is 13.7. The maximum Gasteiger partial charge on any atom is 0.234 e. The highest BCUT2D eigenvalue weighted by Crippen LogP contribution is 2.34. The molecule has 1 atom stereocenters. The Balaban J connectivity index is 1.89. The highest BCUT2D eigenvalue weighted by molar-refractivity contribution is 6.31. The van der Waals surface area contributed by atoms with E-state index in [0.29, 0.717) is 24.6 Å². The first kappa shape index (κ1) is 21.0. The van der Waals surface area contributed by atoms with E-state index in [2.05, 4.69) is 10.1 Å². The molecule has 152 valence electrons. The lowest BCUT2D eigenvalue weighted by atomic mass is 9.82. The predicted molar refractivity (Wildman–Crippen MR) is 110 cm³/mol. The maximum atomic E-state index is 13.4. The molecule has 0 aliphatic rings. The Morgan fingerprint density at radius 2 is 1.86 bits per heavy atom. The lowest BCUT2D eigenvalue weighted by Gasteiger charge is -2.23. The number of aryl methyl sites for hydroxylation is 1. The molecule has 2 aromatic carbocycles. The second kappa shape index (κ2) is 8.33. The summed E-state index contributed by atoms with van der Waals surface area (Å²) in [7, 11) is 0. The van der Waals surface area contributed by atoms with Gasteiger partial charge in [-0.05, 0) is 48.6 Å². The molecule has 1 amide bonds.